The third-order valence-electron chi connectivity index (χ3n) is 7.98. The predicted octanol–water partition coefficient (Wildman–Crippen LogP) is 4.90. The Labute approximate surface area is 217 Å². The second-order valence-corrected chi connectivity index (χ2v) is 10.7. The summed E-state index contributed by atoms with van der Waals surface area (Å²) in [5.41, 5.74) is 1.15. The molecule has 4 unspecified atom stereocenters. The number of nitrogens with zero attached hydrogens (tertiary/aromatic N) is 2. The Bertz CT molecular complexity index is 1140. The van der Waals surface area contributed by atoms with Crippen LogP contribution >= 0.6 is 0 Å². The molecular weight excluding hydrogens is 510 g/mol. The van der Waals surface area contributed by atoms with E-state index < -0.39 is 61.3 Å². The first-order valence-corrected chi connectivity index (χ1v) is 12.9. The number of hydrogen-bond donors (Lipinski definition) is 3. The highest BCUT2D eigenvalue weighted by atomic mass is 19.3. The molecule has 4 atom stereocenters. The summed E-state index contributed by atoms with van der Waals surface area (Å²) in [4.78, 5) is 3.38. The number of nitrogens with one attached hydrogen (secondary N) is 2. The van der Waals surface area contributed by atoms with E-state index in [0.29, 0.717) is 43.7 Å². The maximum absolute atomic E-state index is 15.7. The molecule has 0 saturated carbocycles. The maximum atomic E-state index is 15.7. The molecule has 3 aliphatic heterocycles. The Hall–Kier alpha value is -2.50. The van der Waals surface area contributed by atoms with Gasteiger partial charge in [0.2, 0.25) is 0 Å². The molecule has 2 saturated heterocycles. The summed E-state index contributed by atoms with van der Waals surface area (Å²) in [6.45, 7) is 0.880. The van der Waals surface area contributed by atoms with Crippen LogP contribution in [0.3, 0.4) is 0 Å². The summed E-state index contributed by atoms with van der Waals surface area (Å²) in [5.74, 6) is -6.03. The van der Waals surface area contributed by atoms with Gasteiger partial charge in [-0.05, 0) is 55.7 Å². The molecule has 3 aliphatic rings. The zero-order valence-corrected chi connectivity index (χ0v) is 21.0. The Kier molecular flexibility index (Phi) is 7.54. The van der Waals surface area contributed by atoms with Crippen LogP contribution < -0.4 is 10.6 Å². The van der Waals surface area contributed by atoms with Crippen LogP contribution in [0.4, 0.5) is 37.7 Å². The van der Waals surface area contributed by atoms with Crippen molar-refractivity contribution in [2.24, 2.45) is 0 Å². The number of likely N-dealkylation sites (tertiary alicyclic amines) is 2. The maximum Gasteiger partial charge on any atom is 0.283 e. The standard InChI is InChI=1S/C27H32F6N4O/c1-15-7-20-19-8-16(29)3-4-23(19)35-25(20)26(37(15)13-27(32,33)14-38)24-21(30)9-17(10-22(24)31)34-18-11-36(12-18)6-2-5-28/h3-4,8-10,15,18,20,25-26,34-35,38H,2,5-7,11-14H2,1H3. The predicted molar refractivity (Wildman–Crippen MR) is 133 cm³/mol. The van der Waals surface area contributed by atoms with Crippen LogP contribution in [-0.4, -0.2) is 78.4 Å². The van der Waals surface area contributed by atoms with Gasteiger partial charge in [0.25, 0.3) is 5.92 Å². The minimum Gasteiger partial charge on any atom is -0.390 e. The fourth-order valence-corrected chi connectivity index (χ4v) is 6.23. The highest BCUT2D eigenvalue weighted by Crippen LogP contribution is 2.51. The average Bonchev–Trinajstić information content (AvgIpc) is 3.18. The molecule has 0 radical (unpaired) electrons. The van der Waals surface area contributed by atoms with Gasteiger partial charge in [-0.25, -0.2) is 22.0 Å². The van der Waals surface area contributed by atoms with Gasteiger partial charge in [0, 0.05) is 48.5 Å². The van der Waals surface area contributed by atoms with Crippen LogP contribution in [0.5, 0.6) is 0 Å². The molecule has 0 aliphatic carbocycles. The summed E-state index contributed by atoms with van der Waals surface area (Å²) in [6, 6.07) is 4.15. The quantitative estimate of drug-likeness (QED) is 0.394. The second-order valence-electron chi connectivity index (χ2n) is 10.7. The van der Waals surface area contributed by atoms with Crippen LogP contribution in [0, 0.1) is 17.5 Å². The lowest BCUT2D eigenvalue weighted by molar-refractivity contribution is -0.0971. The minimum atomic E-state index is -3.48. The summed E-state index contributed by atoms with van der Waals surface area (Å²) >= 11 is 0. The van der Waals surface area contributed by atoms with Gasteiger partial charge in [0.15, 0.2) is 0 Å². The fourth-order valence-electron chi connectivity index (χ4n) is 6.23. The molecule has 2 aromatic rings. The monoisotopic (exact) mass is 542 g/mol. The number of halogens is 6. The average molecular weight is 543 g/mol. The van der Waals surface area contributed by atoms with Crippen molar-refractivity contribution in [3.05, 3.63) is 58.9 Å². The fraction of sp³-hybridized carbons (Fsp3) is 0.556. The van der Waals surface area contributed by atoms with Crippen LogP contribution in [0.25, 0.3) is 0 Å². The second kappa shape index (κ2) is 10.6. The third-order valence-corrected chi connectivity index (χ3v) is 7.98. The molecule has 0 spiro atoms. The molecule has 0 aromatic heterocycles. The van der Waals surface area contributed by atoms with Crippen LogP contribution in [0.15, 0.2) is 30.3 Å². The molecule has 0 amide bonds. The lowest BCUT2D eigenvalue weighted by Gasteiger charge is -2.48. The van der Waals surface area contributed by atoms with Crippen molar-refractivity contribution < 1.29 is 31.4 Å². The molecular formula is C27H32F6N4O. The molecule has 2 aromatic carbocycles. The number of benzene rings is 2. The molecule has 208 valence electrons. The van der Waals surface area contributed by atoms with Gasteiger partial charge in [0.1, 0.15) is 24.1 Å². The Morgan fingerprint density at radius 2 is 1.82 bits per heavy atom. The Balaban J connectivity index is 1.45. The molecule has 3 heterocycles. The van der Waals surface area contributed by atoms with E-state index >= 15 is 8.78 Å². The van der Waals surface area contributed by atoms with E-state index in [1.165, 1.54) is 29.2 Å². The van der Waals surface area contributed by atoms with Crippen molar-refractivity contribution >= 4 is 11.4 Å². The zero-order chi connectivity index (χ0) is 27.2. The van der Waals surface area contributed by atoms with Crippen molar-refractivity contribution in [2.45, 2.75) is 55.8 Å². The van der Waals surface area contributed by atoms with E-state index in [1.807, 2.05) is 4.90 Å². The normalized spacial score (nSPS) is 26.0. The van der Waals surface area contributed by atoms with Gasteiger partial charge in [0.05, 0.1) is 31.3 Å². The van der Waals surface area contributed by atoms with E-state index in [4.69, 9.17) is 0 Å². The SMILES string of the molecule is CC1CC2c3cc(F)ccc3NC2C(c2c(F)cc(NC3CN(CCCF)C3)cc2F)N1CC(F)(F)CO. The third kappa shape index (κ3) is 5.20. The molecule has 3 N–H and O–H groups in total. The van der Waals surface area contributed by atoms with Crippen molar-refractivity contribution in [3.8, 4) is 0 Å². The minimum absolute atomic E-state index is 0.0426. The topological polar surface area (TPSA) is 50.8 Å². The largest absolute Gasteiger partial charge is 0.390 e. The van der Waals surface area contributed by atoms with Gasteiger partial charge in [-0.2, -0.15) is 0 Å². The first kappa shape index (κ1) is 27.1. The van der Waals surface area contributed by atoms with Crippen molar-refractivity contribution in [2.75, 3.05) is 50.1 Å². The molecule has 38 heavy (non-hydrogen) atoms. The number of alkyl halides is 3. The first-order valence-electron chi connectivity index (χ1n) is 12.9. The molecule has 11 heteroatoms. The summed E-state index contributed by atoms with van der Waals surface area (Å²) in [5, 5.41) is 15.5. The number of aliphatic hydroxyl groups is 1. The van der Waals surface area contributed by atoms with Crippen LogP contribution in [-0.2, 0) is 0 Å². The Morgan fingerprint density at radius 3 is 2.47 bits per heavy atom. The van der Waals surface area contributed by atoms with Gasteiger partial charge in [-0.15, -0.1) is 0 Å². The van der Waals surface area contributed by atoms with E-state index in [-0.39, 0.29) is 23.2 Å². The number of hydrogen-bond acceptors (Lipinski definition) is 5. The van der Waals surface area contributed by atoms with E-state index in [0.717, 1.165) is 0 Å². The summed E-state index contributed by atoms with van der Waals surface area (Å²) < 4.78 is 86.7. The number of aliphatic hydroxyl groups excluding tert-OH is 1. The highest BCUT2D eigenvalue weighted by molar-refractivity contribution is 5.61. The first-order chi connectivity index (χ1) is 18.1. The molecule has 0 bridgehead atoms. The van der Waals surface area contributed by atoms with E-state index in [1.54, 1.807) is 13.0 Å². The van der Waals surface area contributed by atoms with Crippen LogP contribution in [0.2, 0.25) is 0 Å². The lowest BCUT2D eigenvalue weighted by Crippen LogP contribution is -2.55. The van der Waals surface area contributed by atoms with Crippen molar-refractivity contribution in [3.63, 3.8) is 0 Å². The van der Waals surface area contributed by atoms with Gasteiger partial charge < -0.3 is 15.7 Å². The van der Waals surface area contributed by atoms with Gasteiger partial charge in [-0.1, -0.05) is 0 Å². The lowest BCUT2D eigenvalue weighted by atomic mass is 9.77. The smallest absolute Gasteiger partial charge is 0.283 e. The molecule has 2 fully saturated rings. The van der Waals surface area contributed by atoms with E-state index in [2.05, 4.69) is 10.6 Å². The van der Waals surface area contributed by atoms with Gasteiger partial charge in [-0.3, -0.25) is 14.2 Å². The number of anilines is 2. The summed E-state index contributed by atoms with van der Waals surface area (Å²) in [6.07, 6.45) is 0.804. The zero-order valence-electron chi connectivity index (χ0n) is 21.0. The van der Waals surface area contributed by atoms with Crippen molar-refractivity contribution in [1.82, 2.24) is 9.80 Å². The van der Waals surface area contributed by atoms with Gasteiger partial charge >= 0.3 is 0 Å². The molecule has 5 rings (SSSR count). The van der Waals surface area contributed by atoms with E-state index in [9.17, 15) is 22.7 Å². The highest BCUT2D eigenvalue weighted by Gasteiger charge is 2.50. The molecule has 5 nitrogen and oxygen atoms in total. The number of piperidine rings is 1. The summed E-state index contributed by atoms with van der Waals surface area (Å²) in [7, 11) is 0. The number of fused-ring (bicyclic) bond motifs is 3. The number of rotatable bonds is 9. The van der Waals surface area contributed by atoms with Crippen molar-refractivity contribution in [1.29, 1.82) is 0 Å². The van der Waals surface area contributed by atoms with Crippen LogP contribution in [0.1, 0.15) is 42.9 Å². The Morgan fingerprint density at radius 1 is 1.11 bits per heavy atom.